The van der Waals surface area contributed by atoms with Crippen molar-refractivity contribution in [2.45, 2.75) is 6.10 Å². The van der Waals surface area contributed by atoms with Crippen LogP contribution in [0.25, 0.3) is 0 Å². The Hall–Kier alpha value is -1.71. The van der Waals surface area contributed by atoms with Gasteiger partial charge in [-0.15, -0.1) is 0 Å². The van der Waals surface area contributed by atoms with E-state index < -0.39 is 10.0 Å². The molecule has 0 bridgehead atoms. The third kappa shape index (κ3) is 3.52. The quantitative estimate of drug-likeness (QED) is 0.781. The maximum absolute atomic E-state index is 12.7. The lowest BCUT2D eigenvalue weighted by Gasteiger charge is -2.20. The fourth-order valence-corrected chi connectivity index (χ4v) is 3.84. The smallest absolute Gasteiger partial charge is 0.259 e. The van der Waals surface area contributed by atoms with E-state index in [1.807, 2.05) is 0 Å². The molecule has 0 aliphatic carbocycles. The van der Waals surface area contributed by atoms with Crippen molar-refractivity contribution in [3.63, 3.8) is 0 Å². The molecule has 24 heavy (non-hydrogen) atoms. The van der Waals surface area contributed by atoms with Crippen LogP contribution < -0.4 is 9.46 Å². The standard InChI is InChI=1S/C15H21N3O5S/c1-22-14-11(4-3-5-16-14)15(19)18-7-12-10(6-17-24(2,20)21)9-23-13(12)8-18/h3-5,10,12-13,17H,6-9H2,1-2H3/t10-,12-,13-/m1/s1. The third-order valence-corrected chi connectivity index (χ3v) is 5.22. The first-order valence-corrected chi connectivity index (χ1v) is 9.62. The average molecular weight is 355 g/mol. The van der Waals surface area contributed by atoms with Gasteiger partial charge in [0, 0.05) is 37.7 Å². The number of pyridine rings is 1. The first-order chi connectivity index (χ1) is 11.4. The Morgan fingerprint density at radius 2 is 2.29 bits per heavy atom. The fourth-order valence-electron chi connectivity index (χ4n) is 3.32. The van der Waals surface area contributed by atoms with Crippen molar-refractivity contribution in [2.75, 3.05) is 39.6 Å². The van der Waals surface area contributed by atoms with Gasteiger partial charge < -0.3 is 14.4 Å². The highest BCUT2D eigenvalue weighted by molar-refractivity contribution is 7.88. The van der Waals surface area contributed by atoms with Gasteiger partial charge in [-0.3, -0.25) is 4.79 Å². The van der Waals surface area contributed by atoms with E-state index in [1.165, 1.54) is 7.11 Å². The molecule has 8 nitrogen and oxygen atoms in total. The second-order valence-electron chi connectivity index (χ2n) is 6.19. The molecule has 2 fully saturated rings. The molecule has 0 saturated carbocycles. The molecule has 0 spiro atoms. The van der Waals surface area contributed by atoms with Gasteiger partial charge in [0.25, 0.3) is 5.91 Å². The van der Waals surface area contributed by atoms with E-state index in [2.05, 4.69) is 9.71 Å². The lowest BCUT2D eigenvalue weighted by atomic mass is 9.93. The van der Waals surface area contributed by atoms with Crippen molar-refractivity contribution < 1.29 is 22.7 Å². The van der Waals surface area contributed by atoms with Crippen LogP contribution in [0, 0.1) is 11.8 Å². The highest BCUT2D eigenvalue weighted by atomic mass is 32.2. The summed E-state index contributed by atoms with van der Waals surface area (Å²) < 4.78 is 36.0. The maximum atomic E-state index is 12.7. The van der Waals surface area contributed by atoms with Gasteiger partial charge in [-0.25, -0.2) is 18.1 Å². The van der Waals surface area contributed by atoms with Gasteiger partial charge in [-0.2, -0.15) is 0 Å². The summed E-state index contributed by atoms with van der Waals surface area (Å²) in [5, 5.41) is 0. The Balaban J connectivity index is 1.68. The second-order valence-corrected chi connectivity index (χ2v) is 8.02. The minimum absolute atomic E-state index is 0.0528. The summed E-state index contributed by atoms with van der Waals surface area (Å²) in [5.74, 6) is 0.354. The predicted octanol–water partition coefficient (Wildman–Crippen LogP) is -0.274. The minimum Gasteiger partial charge on any atom is -0.480 e. The molecule has 0 unspecified atom stereocenters. The number of amides is 1. The molecule has 1 N–H and O–H groups in total. The summed E-state index contributed by atoms with van der Waals surface area (Å²) in [5.41, 5.74) is 0.422. The summed E-state index contributed by atoms with van der Waals surface area (Å²) in [6.45, 7) is 1.88. The number of carbonyl (C=O) groups excluding carboxylic acids is 1. The summed E-state index contributed by atoms with van der Waals surface area (Å²) in [4.78, 5) is 18.5. The molecule has 0 aromatic carbocycles. The van der Waals surface area contributed by atoms with Crippen LogP contribution in [0.15, 0.2) is 18.3 Å². The number of ether oxygens (including phenoxy) is 2. The molecule has 1 aromatic rings. The molecule has 3 rings (SSSR count). The number of likely N-dealkylation sites (tertiary alicyclic amines) is 1. The van der Waals surface area contributed by atoms with Crippen LogP contribution in [0.5, 0.6) is 5.88 Å². The lowest BCUT2D eigenvalue weighted by molar-refractivity contribution is 0.0675. The number of nitrogens with one attached hydrogen (secondary N) is 1. The highest BCUT2D eigenvalue weighted by Gasteiger charge is 2.45. The van der Waals surface area contributed by atoms with Crippen LogP contribution in [-0.2, 0) is 14.8 Å². The van der Waals surface area contributed by atoms with Gasteiger partial charge in [-0.1, -0.05) is 0 Å². The molecular weight excluding hydrogens is 334 g/mol. The fraction of sp³-hybridized carbons (Fsp3) is 0.600. The Morgan fingerprint density at radius 3 is 3.00 bits per heavy atom. The highest BCUT2D eigenvalue weighted by Crippen LogP contribution is 2.34. The van der Waals surface area contributed by atoms with Crippen LogP contribution in [-0.4, -0.2) is 69.9 Å². The molecule has 2 saturated heterocycles. The van der Waals surface area contributed by atoms with Crippen molar-refractivity contribution in [2.24, 2.45) is 11.8 Å². The summed E-state index contributed by atoms with van der Waals surface area (Å²) in [7, 11) is -1.75. The SMILES string of the molecule is COc1ncccc1C(=O)N1C[C@@H]2[C@H](CNS(C)(=O)=O)CO[C@@H]2C1. The molecule has 1 aromatic heterocycles. The lowest BCUT2D eigenvalue weighted by Crippen LogP contribution is -2.35. The third-order valence-electron chi connectivity index (χ3n) is 4.53. The molecule has 2 aliphatic heterocycles. The molecule has 3 heterocycles. The van der Waals surface area contributed by atoms with Gasteiger partial charge >= 0.3 is 0 Å². The first kappa shape index (κ1) is 17.1. The van der Waals surface area contributed by atoms with Crippen molar-refractivity contribution in [3.05, 3.63) is 23.9 Å². The number of aromatic nitrogens is 1. The van der Waals surface area contributed by atoms with Gasteiger partial charge in [0.05, 0.1) is 26.1 Å². The van der Waals surface area contributed by atoms with Crippen molar-refractivity contribution >= 4 is 15.9 Å². The van der Waals surface area contributed by atoms with Gasteiger partial charge in [0.15, 0.2) is 0 Å². The van der Waals surface area contributed by atoms with Crippen molar-refractivity contribution in [1.29, 1.82) is 0 Å². The van der Waals surface area contributed by atoms with E-state index >= 15 is 0 Å². The summed E-state index contributed by atoms with van der Waals surface area (Å²) in [6, 6.07) is 3.38. The van der Waals surface area contributed by atoms with E-state index in [0.29, 0.717) is 37.7 Å². The Labute approximate surface area is 141 Å². The van der Waals surface area contributed by atoms with Crippen LogP contribution in [0.4, 0.5) is 0 Å². The molecule has 2 aliphatic rings. The topological polar surface area (TPSA) is 97.8 Å². The molecule has 3 atom stereocenters. The largest absolute Gasteiger partial charge is 0.480 e. The zero-order valence-corrected chi connectivity index (χ0v) is 14.5. The van der Waals surface area contributed by atoms with Crippen LogP contribution >= 0.6 is 0 Å². The Morgan fingerprint density at radius 1 is 1.50 bits per heavy atom. The number of fused-ring (bicyclic) bond motifs is 1. The average Bonchev–Trinajstić information content (AvgIpc) is 3.12. The number of hydrogen-bond acceptors (Lipinski definition) is 6. The molecule has 1 amide bonds. The minimum atomic E-state index is -3.23. The van der Waals surface area contributed by atoms with Gasteiger partial charge in [0.1, 0.15) is 5.56 Å². The van der Waals surface area contributed by atoms with Crippen LogP contribution in [0.3, 0.4) is 0 Å². The van der Waals surface area contributed by atoms with Crippen LogP contribution in [0.2, 0.25) is 0 Å². The second kappa shape index (κ2) is 6.66. The zero-order chi connectivity index (χ0) is 17.3. The summed E-state index contributed by atoms with van der Waals surface area (Å²) in [6.07, 6.45) is 2.66. The van der Waals surface area contributed by atoms with E-state index in [0.717, 1.165) is 6.26 Å². The maximum Gasteiger partial charge on any atom is 0.259 e. The zero-order valence-electron chi connectivity index (χ0n) is 13.6. The Kier molecular flexibility index (Phi) is 4.75. The first-order valence-electron chi connectivity index (χ1n) is 7.73. The molecular formula is C15H21N3O5S. The Bertz CT molecular complexity index is 724. The van der Waals surface area contributed by atoms with Crippen molar-refractivity contribution in [3.8, 4) is 5.88 Å². The molecule has 0 radical (unpaired) electrons. The van der Waals surface area contributed by atoms with E-state index in [4.69, 9.17) is 9.47 Å². The van der Waals surface area contributed by atoms with E-state index in [9.17, 15) is 13.2 Å². The number of hydrogen-bond donors (Lipinski definition) is 1. The number of sulfonamides is 1. The van der Waals surface area contributed by atoms with Crippen molar-refractivity contribution in [1.82, 2.24) is 14.6 Å². The molecule has 9 heteroatoms. The predicted molar refractivity (Wildman–Crippen MR) is 86.3 cm³/mol. The van der Waals surface area contributed by atoms with Crippen LogP contribution in [0.1, 0.15) is 10.4 Å². The number of methoxy groups -OCH3 is 1. The number of nitrogens with zero attached hydrogens (tertiary/aromatic N) is 2. The normalized spacial score (nSPS) is 26.4. The number of rotatable bonds is 5. The van der Waals surface area contributed by atoms with Gasteiger partial charge in [0.2, 0.25) is 15.9 Å². The number of carbonyl (C=O) groups is 1. The van der Waals surface area contributed by atoms with E-state index in [1.54, 1.807) is 23.2 Å². The molecule has 132 valence electrons. The summed E-state index contributed by atoms with van der Waals surface area (Å²) >= 11 is 0. The monoisotopic (exact) mass is 355 g/mol. The van der Waals surface area contributed by atoms with Gasteiger partial charge in [-0.05, 0) is 12.1 Å². The van der Waals surface area contributed by atoms with E-state index in [-0.39, 0.29) is 23.8 Å².